The average molecular weight is 449 g/mol. The molecule has 9 heteroatoms. The SMILES string of the molecule is CCOC(=O)C(C)(C)CNC(=O)c1c(O)c2ccc(Oc3ccccc3)cc2c(C#N)[n+]1[O-]. The number of nitrogens with one attached hydrogen (secondary N) is 1. The van der Waals surface area contributed by atoms with E-state index in [1.807, 2.05) is 6.07 Å². The molecule has 1 amide bonds. The van der Waals surface area contributed by atoms with Crippen LogP contribution in [-0.4, -0.2) is 30.1 Å². The molecule has 2 N–H and O–H groups in total. The summed E-state index contributed by atoms with van der Waals surface area (Å²) < 4.78 is 10.8. The Morgan fingerprint density at radius 1 is 1.15 bits per heavy atom. The van der Waals surface area contributed by atoms with E-state index in [4.69, 9.17) is 9.47 Å². The normalized spacial score (nSPS) is 11.0. The van der Waals surface area contributed by atoms with Gasteiger partial charge in [-0.2, -0.15) is 5.26 Å². The fourth-order valence-electron chi connectivity index (χ4n) is 3.15. The number of hydrogen-bond donors (Lipinski definition) is 2. The number of rotatable bonds is 7. The summed E-state index contributed by atoms with van der Waals surface area (Å²) in [6.45, 7) is 4.86. The van der Waals surface area contributed by atoms with Crippen molar-refractivity contribution in [3.8, 4) is 23.3 Å². The lowest BCUT2D eigenvalue weighted by Gasteiger charge is -2.22. The zero-order valence-electron chi connectivity index (χ0n) is 18.4. The third-order valence-corrected chi connectivity index (χ3v) is 4.95. The number of nitrogens with zero attached hydrogens (tertiary/aromatic N) is 2. The van der Waals surface area contributed by atoms with E-state index in [0.717, 1.165) is 0 Å². The topological polar surface area (TPSA) is 136 Å². The van der Waals surface area contributed by atoms with Gasteiger partial charge in [0.15, 0.2) is 6.07 Å². The highest BCUT2D eigenvalue weighted by Crippen LogP contribution is 2.33. The Kier molecular flexibility index (Phi) is 6.68. The van der Waals surface area contributed by atoms with Crippen LogP contribution < -0.4 is 14.8 Å². The Bertz CT molecular complexity index is 1250. The van der Waals surface area contributed by atoms with Gasteiger partial charge in [-0.15, -0.1) is 4.73 Å². The summed E-state index contributed by atoms with van der Waals surface area (Å²) >= 11 is 0. The van der Waals surface area contributed by atoms with E-state index in [9.17, 15) is 25.2 Å². The molecular weight excluding hydrogens is 426 g/mol. The minimum Gasteiger partial charge on any atom is -0.617 e. The van der Waals surface area contributed by atoms with Crippen LogP contribution in [0, 0.1) is 22.0 Å². The standard InChI is InChI=1S/C24H23N3O6/c1-4-32-23(30)24(2,3)14-26-22(29)20-21(28)17-11-10-16(33-15-8-6-5-7-9-15)12-18(17)19(13-25)27(20)31/h5-12,28H,4,14H2,1-3H3,(H,26,29). The second-order valence-corrected chi connectivity index (χ2v) is 7.86. The zero-order valence-corrected chi connectivity index (χ0v) is 18.4. The predicted molar refractivity (Wildman–Crippen MR) is 119 cm³/mol. The molecule has 0 spiro atoms. The lowest BCUT2D eigenvalue weighted by Crippen LogP contribution is -2.46. The average Bonchev–Trinajstić information content (AvgIpc) is 2.79. The van der Waals surface area contributed by atoms with Crippen LogP contribution in [0.4, 0.5) is 0 Å². The highest BCUT2D eigenvalue weighted by molar-refractivity contribution is 6.01. The van der Waals surface area contributed by atoms with E-state index in [1.54, 1.807) is 57.2 Å². The van der Waals surface area contributed by atoms with Gasteiger partial charge < -0.3 is 25.1 Å². The molecule has 33 heavy (non-hydrogen) atoms. The van der Waals surface area contributed by atoms with Crippen molar-refractivity contribution in [2.75, 3.05) is 13.2 Å². The van der Waals surface area contributed by atoms with Crippen LogP contribution in [-0.2, 0) is 9.53 Å². The van der Waals surface area contributed by atoms with Gasteiger partial charge in [0.1, 0.15) is 11.5 Å². The minimum atomic E-state index is -1.06. The van der Waals surface area contributed by atoms with Crippen molar-refractivity contribution in [3.63, 3.8) is 0 Å². The smallest absolute Gasteiger partial charge is 0.325 e. The largest absolute Gasteiger partial charge is 0.617 e. The number of ether oxygens (including phenoxy) is 2. The van der Waals surface area contributed by atoms with Crippen LogP contribution in [0.5, 0.6) is 17.2 Å². The van der Waals surface area contributed by atoms with Gasteiger partial charge in [-0.25, -0.2) is 0 Å². The fourth-order valence-corrected chi connectivity index (χ4v) is 3.15. The van der Waals surface area contributed by atoms with E-state index in [-0.39, 0.29) is 34.3 Å². The van der Waals surface area contributed by atoms with Crippen LogP contribution in [0.3, 0.4) is 0 Å². The van der Waals surface area contributed by atoms with Crippen molar-refractivity contribution in [2.24, 2.45) is 5.41 Å². The third-order valence-electron chi connectivity index (χ3n) is 4.95. The molecule has 2 aromatic carbocycles. The van der Waals surface area contributed by atoms with Crippen LogP contribution in [0.1, 0.15) is 37.0 Å². The summed E-state index contributed by atoms with van der Waals surface area (Å²) in [6.07, 6.45) is 0. The summed E-state index contributed by atoms with van der Waals surface area (Å²) in [7, 11) is 0. The molecule has 0 saturated carbocycles. The van der Waals surface area contributed by atoms with Gasteiger partial charge in [0.25, 0.3) is 0 Å². The number of aromatic nitrogens is 1. The highest BCUT2D eigenvalue weighted by atomic mass is 16.5. The molecule has 0 atom stereocenters. The number of carbonyl (C=O) groups excluding carboxylic acids is 2. The molecule has 0 bridgehead atoms. The van der Waals surface area contributed by atoms with Gasteiger partial charge in [-0.05, 0) is 51.1 Å². The molecule has 9 nitrogen and oxygen atoms in total. The van der Waals surface area contributed by atoms with Crippen molar-refractivity contribution in [2.45, 2.75) is 20.8 Å². The molecule has 0 aliphatic carbocycles. The first-order valence-electron chi connectivity index (χ1n) is 10.2. The summed E-state index contributed by atoms with van der Waals surface area (Å²) in [5.74, 6) is -1.14. The van der Waals surface area contributed by atoms with Gasteiger partial charge in [-0.1, -0.05) is 18.2 Å². The maximum atomic E-state index is 12.8. The Hall–Kier alpha value is -4.32. The molecular formula is C24H23N3O6. The molecule has 0 aliphatic rings. The van der Waals surface area contributed by atoms with Crippen molar-refractivity contribution in [1.82, 2.24) is 5.32 Å². The predicted octanol–water partition coefficient (Wildman–Crippen LogP) is 3.16. The molecule has 3 aromatic rings. The van der Waals surface area contributed by atoms with Crippen LogP contribution in [0.15, 0.2) is 48.5 Å². The third kappa shape index (κ3) is 4.80. The molecule has 3 rings (SSSR count). The lowest BCUT2D eigenvalue weighted by atomic mass is 9.93. The Morgan fingerprint density at radius 2 is 1.85 bits per heavy atom. The number of aromatic hydroxyl groups is 1. The van der Waals surface area contributed by atoms with Crippen LogP contribution in [0.2, 0.25) is 0 Å². The Balaban J connectivity index is 1.97. The number of carbonyl (C=O) groups is 2. The van der Waals surface area contributed by atoms with Gasteiger partial charge >= 0.3 is 23.3 Å². The van der Waals surface area contributed by atoms with Crippen molar-refractivity contribution >= 4 is 22.6 Å². The number of fused-ring (bicyclic) bond motifs is 1. The number of amides is 1. The Labute approximate surface area is 190 Å². The number of benzene rings is 2. The van der Waals surface area contributed by atoms with E-state index < -0.39 is 28.7 Å². The number of pyridine rings is 1. The van der Waals surface area contributed by atoms with Gasteiger partial charge in [0.2, 0.25) is 5.75 Å². The van der Waals surface area contributed by atoms with Gasteiger partial charge in [0.05, 0.1) is 17.4 Å². The van der Waals surface area contributed by atoms with Gasteiger partial charge in [0, 0.05) is 11.9 Å². The number of nitriles is 1. The summed E-state index contributed by atoms with van der Waals surface area (Å²) in [5.41, 5.74) is -2.08. The van der Waals surface area contributed by atoms with Crippen LogP contribution >= 0.6 is 0 Å². The van der Waals surface area contributed by atoms with E-state index in [2.05, 4.69) is 5.32 Å². The summed E-state index contributed by atoms with van der Waals surface area (Å²) in [5, 5.41) is 35.9. The van der Waals surface area contributed by atoms with E-state index in [0.29, 0.717) is 11.5 Å². The first-order valence-corrected chi connectivity index (χ1v) is 10.2. The van der Waals surface area contributed by atoms with Crippen molar-refractivity contribution in [1.29, 1.82) is 5.26 Å². The Morgan fingerprint density at radius 3 is 2.48 bits per heavy atom. The molecule has 0 radical (unpaired) electrons. The maximum absolute atomic E-state index is 12.8. The van der Waals surface area contributed by atoms with Gasteiger partial charge in [-0.3, -0.25) is 9.59 Å². The molecule has 170 valence electrons. The van der Waals surface area contributed by atoms with Crippen LogP contribution in [0.25, 0.3) is 10.8 Å². The van der Waals surface area contributed by atoms with Crippen molar-refractivity contribution < 1.29 is 28.9 Å². The molecule has 0 fully saturated rings. The first kappa shape index (κ1) is 23.3. The van der Waals surface area contributed by atoms with E-state index >= 15 is 0 Å². The van der Waals surface area contributed by atoms with Crippen molar-refractivity contribution in [3.05, 3.63) is 65.1 Å². The molecule has 0 saturated heterocycles. The highest BCUT2D eigenvalue weighted by Gasteiger charge is 2.33. The number of esters is 1. The molecule has 0 unspecified atom stereocenters. The second-order valence-electron chi connectivity index (χ2n) is 7.86. The minimum absolute atomic E-state index is 0.0800. The zero-order chi connectivity index (χ0) is 24.2. The monoisotopic (exact) mass is 449 g/mol. The first-order chi connectivity index (χ1) is 15.7. The van der Waals surface area contributed by atoms with E-state index in [1.165, 1.54) is 12.1 Å². The summed E-state index contributed by atoms with van der Waals surface area (Å²) in [4.78, 5) is 24.8. The number of para-hydroxylation sites is 1. The molecule has 1 heterocycles. The second kappa shape index (κ2) is 9.44. The maximum Gasteiger partial charge on any atom is 0.325 e. The molecule has 1 aromatic heterocycles. The fraction of sp³-hybridized carbons (Fsp3) is 0.250. The molecule has 0 aliphatic heterocycles. The quantitative estimate of drug-likeness (QED) is 0.321. The summed E-state index contributed by atoms with van der Waals surface area (Å²) in [6, 6.07) is 15.2. The number of hydrogen-bond acceptors (Lipinski definition) is 7. The lowest BCUT2D eigenvalue weighted by molar-refractivity contribution is -0.609.